The second-order valence-corrected chi connectivity index (χ2v) is 5.16. The van der Waals surface area contributed by atoms with Crippen LogP contribution in [0.2, 0.25) is 0 Å². The van der Waals surface area contributed by atoms with Crippen molar-refractivity contribution in [3.8, 4) is 17.6 Å². The molecule has 0 aliphatic heterocycles. The highest BCUT2D eigenvalue weighted by Gasteiger charge is 2.69. The first-order valence-electron chi connectivity index (χ1n) is 6.61. The average molecular weight is 357 g/mol. The lowest BCUT2D eigenvalue weighted by atomic mass is 10.0. The Balaban J connectivity index is 2.16. The highest BCUT2D eigenvalue weighted by molar-refractivity contribution is 6.09. The van der Waals surface area contributed by atoms with Gasteiger partial charge in [-0.3, -0.25) is 4.79 Å². The molecule has 0 unspecified atom stereocenters. The van der Waals surface area contributed by atoms with Crippen molar-refractivity contribution >= 4 is 5.78 Å². The molecule has 1 aliphatic rings. The van der Waals surface area contributed by atoms with E-state index in [1.54, 1.807) is 0 Å². The molecule has 2 aromatic rings. The molecule has 0 amide bonds. The third-order valence-electron chi connectivity index (χ3n) is 3.59. The fourth-order valence-electron chi connectivity index (χ4n) is 2.46. The topological polar surface area (TPSA) is 50.1 Å². The number of rotatable bonds is 2. The summed E-state index contributed by atoms with van der Waals surface area (Å²) in [5.41, 5.74) is -3.35. The Bertz CT molecular complexity index is 928. The molecule has 0 heterocycles. The summed E-state index contributed by atoms with van der Waals surface area (Å²) in [6, 6.07) is 4.60. The van der Waals surface area contributed by atoms with Crippen molar-refractivity contribution in [1.29, 1.82) is 5.26 Å². The molecule has 0 saturated heterocycles. The first-order chi connectivity index (χ1) is 11.6. The molecule has 25 heavy (non-hydrogen) atoms. The van der Waals surface area contributed by atoms with Crippen LogP contribution < -0.4 is 4.74 Å². The van der Waals surface area contributed by atoms with Gasteiger partial charge in [0.25, 0.3) is 0 Å². The van der Waals surface area contributed by atoms with Crippen LogP contribution in [0.3, 0.4) is 0 Å². The molecule has 2 aromatic carbocycles. The number of benzene rings is 2. The number of carbonyl (C=O) groups is 1. The molecular weight excluding hydrogens is 352 g/mol. The van der Waals surface area contributed by atoms with E-state index in [1.165, 1.54) is 6.07 Å². The Morgan fingerprint density at radius 3 is 2.12 bits per heavy atom. The van der Waals surface area contributed by atoms with E-state index >= 15 is 0 Å². The number of carbonyl (C=O) groups excluding carboxylic acids is 1. The first kappa shape index (κ1) is 16.8. The number of nitriles is 1. The van der Waals surface area contributed by atoms with Crippen molar-refractivity contribution in [1.82, 2.24) is 0 Å². The number of hydrogen-bond acceptors (Lipinski definition) is 3. The van der Waals surface area contributed by atoms with Crippen LogP contribution >= 0.6 is 0 Å². The third-order valence-corrected chi connectivity index (χ3v) is 3.59. The molecule has 128 valence electrons. The summed E-state index contributed by atoms with van der Waals surface area (Å²) in [5.74, 6) is -15.1. The van der Waals surface area contributed by atoms with Crippen LogP contribution in [0.15, 0.2) is 30.3 Å². The molecule has 0 aromatic heterocycles. The summed E-state index contributed by atoms with van der Waals surface area (Å²) < 4.78 is 85.9. The minimum absolute atomic E-state index is 0.446. The summed E-state index contributed by atoms with van der Waals surface area (Å²) in [6.45, 7) is 0. The Hall–Kier alpha value is -3.02. The highest BCUT2D eigenvalue weighted by atomic mass is 19.3. The Morgan fingerprint density at radius 2 is 1.56 bits per heavy atom. The van der Waals surface area contributed by atoms with Gasteiger partial charge in [-0.05, 0) is 12.1 Å². The molecule has 0 radical (unpaired) electrons. The zero-order valence-electron chi connectivity index (χ0n) is 11.9. The SMILES string of the molecule is N#Cc1c(Oc2cc(F)cc(F)c2)ccc2c1C(=O)C(F)(F)C2(F)F. The van der Waals surface area contributed by atoms with E-state index in [2.05, 4.69) is 0 Å². The number of ketones is 1. The average Bonchev–Trinajstić information content (AvgIpc) is 2.64. The molecule has 9 heteroatoms. The Labute approximate surface area is 136 Å². The molecule has 3 rings (SSSR count). The van der Waals surface area contributed by atoms with Crippen molar-refractivity contribution < 1.29 is 35.9 Å². The fraction of sp³-hybridized carbons (Fsp3) is 0.125. The van der Waals surface area contributed by atoms with Gasteiger partial charge in [-0.15, -0.1) is 0 Å². The van der Waals surface area contributed by atoms with E-state index in [4.69, 9.17) is 10.00 Å². The van der Waals surface area contributed by atoms with Crippen LogP contribution in [-0.2, 0) is 5.92 Å². The van der Waals surface area contributed by atoms with Crippen molar-refractivity contribution in [2.75, 3.05) is 0 Å². The van der Waals surface area contributed by atoms with Gasteiger partial charge in [0.1, 0.15) is 34.8 Å². The molecule has 3 nitrogen and oxygen atoms in total. The second kappa shape index (κ2) is 5.24. The number of nitrogens with zero attached hydrogens (tertiary/aromatic N) is 1. The quantitative estimate of drug-likeness (QED) is 0.741. The van der Waals surface area contributed by atoms with Crippen LogP contribution in [0.4, 0.5) is 26.3 Å². The Morgan fingerprint density at radius 1 is 0.960 bits per heavy atom. The van der Waals surface area contributed by atoms with Crippen LogP contribution in [0, 0.1) is 23.0 Å². The summed E-state index contributed by atoms with van der Waals surface area (Å²) in [6.07, 6.45) is 0. The van der Waals surface area contributed by atoms with Gasteiger partial charge in [0, 0.05) is 23.8 Å². The van der Waals surface area contributed by atoms with Crippen LogP contribution in [0.1, 0.15) is 21.5 Å². The lowest BCUT2D eigenvalue weighted by molar-refractivity contribution is -0.176. The maximum absolute atomic E-state index is 13.7. The van der Waals surface area contributed by atoms with Crippen LogP contribution in [0.25, 0.3) is 0 Å². The van der Waals surface area contributed by atoms with Gasteiger partial charge >= 0.3 is 11.8 Å². The van der Waals surface area contributed by atoms with E-state index in [1.807, 2.05) is 0 Å². The number of halogens is 6. The Kier molecular flexibility index (Phi) is 3.53. The van der Waals surface area contributed by atoms with Gasteiger partial charge in [0.15, 0.2) is 0 Å². The van der Waals surface area contributed by atoms with Crippen LogP contribution in [-0.4, -0.2) is 11.7 Å². The first-order valence-corrected chi connectivity index (χ1v) is 6.61. The molecule has 0 atom stereocenters. The largest absolute Gasteiger partial charge is 0.456 e. The van der Waals surface area contributed by atoms with Gasteiger partial charge in [0.2, 0.25) is 5.78 Å². The summed E-state index contributed by atoms with van der Waals surface area (Å²) in [5, 5.41) is 9.11. The van der Waals surface area contributed by atoms with Gasteiger partial charge < -0.3 is 4.74 Å². The highest BCUT2D eigenvalue weighted by Crippen LogP contribution is 2.53. The van der Waals surface area contributed by atoms with Gasteiger partial charge in [-0.1, -0.05) is 0 Å². The molecular formula is C16H5F6NO2. The minimum Gasteiger partial charge on any atom is -0.456 e. The number of Topliss-reactive ketones (excluding diaryl/α,β-unsaturated/α-hetero) is 1. The molecule has 0 saturated carbocycles. The monoisotopic (exact) mass is 357 g/mol. The van der Waals surface area contributed by atoms with Gasteiger partial charge in [-0.2, -0.15) is 22.8 Å². The van der Waals surface area contributed by atoms with Crippen molar-refractivity contribution in [2.45, 2.75) is 11.8 Å². The van der Waals surface area contributed by atoms with E-state index in [0.717, 1.165) is 18.2 Å². The van der Waals surface area contributed by atoms with Crippen molar-refractivity contribution in [3.05, 3.63) is 58.7 Å². The summed E-state index contributed by atoms with van der Waals surface area (Å²) in [4.78, 5) is 11.7. The van der Waals surface area contributed by atoms with Crippen LogP contribution in [0.5, 0.6) is 11.5 Å². The second-order valence-electron chi connectivity index (χ2n) is 5.16. The number of ether oxygens (including phenoxy) is 1. The molecule has 0 spiro atoms. The van der Waals surface area contributed by atoms with Gasteiger partial charge in [0.05, 0.1) is 5.56 Å². The number of hydrogen-bond donors (Lipinski definition) is 0. The number of alkyl halides is 4. The molecule has 0 fully saturated rings. The van der Waals surface area contributed by atoms with E-state index in [-0.39, 0.29) is 0 Å². The maximum Gasteiger partial charge on any atom is 0.376 e. The fourth-order valence-corrected chi connectivity index (χ4v) is 2.46. The van der Waals surface area contributed by atoms with Crippen molar-refractivity contribution in [3.63, 3.8) is 0 Å². The smallest absolute Gasteiger partial charge is 0.376 e. The van der Waals surface area contributed by atoms with E-state index in [9.17, 15) is 31.1 Å². The van der Waals surface area contributed by atoms with E-state index < -0.39 is 57.5 Å². The maximum atomic E-state index is 13.7. The third kappa shape index (κ3) is 2.33. The summed E-state index contributed by atoms with van der Waals surface area (Å²) in [7, 11) is 0. The zero-order valence-corrected chi connectivity index (χ0v) is 11.9. The predicted molar refractivity (Wildman–Crippen MR) is 70.8 cm³/mol. The van der Waals surface area contributed by atoms with E-state index in [0.29, 0.717) is 12.1 Å². The lowest BCUT2D eigenvalue weighted by Crippen LogP contribution is -2.38. The van der Waals surface area contributed by atoms with Gasteiger partial charge in [-0.25, -0.2) is 8.78 Å². The minimum atomic E-state index is -5.01. The predicted octanol–water partition coefficient (Wildman–Crippen LogP) is 4.55. The number of fused-ring (bicyclic) bond motifs is 1. The molecule has 1 aliphatic carbocycles. The zero-order chi connectivity index (χ0) is 18.6. The molecule has 0 N–H and O–H groups in total. The molecule has 0 bridgehead atoms. The summed E-state index contributed by atoms with van der Waals surface area (Å²) >= 11 is 0. The standard InChI is InChI=1S/C16H5F6NO2/c17-7-3-8(18)5-9(4-7)25-12-2-1-11-13(10(12)6-23)14(24)16(21,22)15(11,19)20/h1-5H. The normalized spacial score (nSPS) is 17.1. The van der Waals surface area contributed by atoms with Crippen molar-refractivity contribution in [2.24, 2.45) is 0 Å². The lowest BCUT2D eigenvalue weighted by Gasteiger charge is -2.17.